The zero-order valence-electron chi connectivity index (χ0n) is 18.3. The fraction of sp³-hybridized carbons (Fsp3) is 0.136. The van der Waals surface area contributed by atoms with Crippen molar-refractivity contribution >= 4 is 44.5 Å². The molecule has 0 spiro atoms. The van der Waals surface area contributed by atoms with Crippen molar-refractivity contribution in [1.82, 2.24) is 9.36 Å². The Morgan fingerprint density at radius 2 is 1.97 bits per heavy atom. The molecule has 10 nitrogen and oxygen atoms in total. The fourth-order valence-electron chi connectivity index (χ4n) is 2.64. The zero-order valence-corrected chi connectivity index (χ0v) is 19.9. The number of carbonyl (C=O) groups excluding carboxylic acids is 2. The molecule has 0 saturated heterocycles. The lowest BCUT2D eigenvalue weighted by Gasteiger charge is -2.12. The number of benzene rings is 2. The summed E-state index contributed by atoms with van der Waals surface area (Å²) in [5.74, 6) is -2.35. The molecule has 3 aromatic rings. The number of sulfone groups is 1. The number of carbonyl (C=O) groups is 2. The quantitative estimate of drug-likeness (QED) is 0.206. The summed E-state index contributed by atoms with van der Waals surface area (Å²) < 4.78 is 51.3. The molecule has 0 saturated carbocycles. The van der Waals surface area contributed by atoms with E-state index in [2.05, 4.69) is 14.7 Å². The van der Waals surface area contributed by atoms with Crippen molar-refractivity contribution in [2.24, 2.45) is 0 Å². The first kappa shape index (κ1) is 25.5. The Morgan fingerprint density at radius 1 is 1.23 bits per heavy atom. The van der Waals surface area contributed by atoms with Gasteiger partial charge in [0.05, 0.1) is 12.2 Å². The number of nitriles is 1. The molecule has 0 aliphatic rings. The summed E-state index contributed by atoms with van der Waals surface area (Å²) in [4.78, 5) is 28.5. The van der Waals surface area contributed by atoms with Crippen molar-refractivity contribution in [3.05, 3.63) is 65.0 Å². The minimum absolute atomic E-state index is 0.0161. The highest BCUT2D eigenvalue weighted by atomic mass is 32.2. The molecule has 35 heavy (non-hydrogen) atoms. The third-order valence-electron chi connectivity index (χ3n) is 4.20. The fourth-order valence-corrected chi connectivity index (χ4v) is 4.08. The van der Waals surface area contributed by atoms with Gasteiger partial charge in [-0.3, -0.25) is 10.1 Å². The van der Waals surface area contributed by atoms with Crippen LogP contribution in [0.2, 0.25) is 0 Å². The van der Waals surface area contributed by atoms with Gasteiger partial charge >= 0.3 is 5.97 Å². The van der Waals surface area contributed by atoms with E-state index < -0.39 is 32.7 Å². The van der Waals surface area contributed by atoms with Crippen LogP contribution in [0.4, 0.5) is 9.52 Å². The van der Waals surface area contributed by atoms with Crippen LogP contribution >= 0.6 is 11.5 Å². The normalized spacial score (nSPS) is 11.4. The number of halogens is 1. The van der Waals surface area contributed by atoms with Crippen LogP contribution in [0.25, 0.3) is 6.08 Å². The van der Waals surface area contributed by atoms with Crippen LogP contribution in [0.5, 0.6) is 11.5 Å². The molecule has 1 N–H and O–H groups in total. The van der Waals surface area contributed by atoms with Gasteiger partial charge in [-0.2, -0.15) is 14.6 Å². The minimum Gasteiger partial charge on any atom is -0.490 e. The number of ether oxygens (including phenoxy) is 2. The maximum absolute atomic E-state index is 13.9. The molecule has 3 rings (SSSR count). The maximum atomic E-state index is 13.9. The molecule has 1 aromatic heterocycles. The second-order valence-corrected chi connectivity index (χ2v) is 9.45. The summed E-state index contributed by atoms with van der Waals surface area (Å²) in [5, 5.41) is 11.2. The van der Waals surface area contributed by atoms with Crippen LogP contribution in [0.15, 0.2) is 53.2 Å². The largest absolute Gasteiger partial charge is 0.490 e. The standard InChI is InChI=1S/C22H17FN4O6S2/c1-3-32-18-11-13(8-9-17(18)33-20(29)15-6-4-5-7-16(15)23)10-14(12-24)19(28)25-21-26-22(27-34-21)35(2,30)31/h4-11H,3H2,1-2H3,(H,25,26,27,28)/b14-10-. The topological polar surface area (TPSA) is 148 Å². The van der Waals surface area contributed by atoms with Crippen molar-refractivity contribution < 1.29 is 31.9 Å². The lowest BCUT2D eigenvalue weighted by Crippen LogP contribution is -2.13. The van der Waals surface area contributed by atoms with Gasteiger partial charge in [0.25, 0.3) is 11.1 Å². The molecule has 0 unspecified atom stereocenters. The Morgan fingerprint density at radius 3 is 2.60 bits per heavy atom. The highest BCUT2D eigenvalue weighted by molar-refractivity contribution is 7.90. The van der Waals surface area contributed by atoms with Crippen molar-refractivity contribution in [3.63, 3.8) is 0 Å². The summed E-state index contributed by atoms with van der Waals surface area (Å²) in [7, 11) is -3.65. The van der Waals surface area contributed by atoms with Gasteiger partial charge in [0, 0.05) is 17.8 Å². The van der Waals surface area contributed by atoms with Crippen LogP contribution in [0.1, 0.15) is 22.8 Å². The molecule has 1 amide bonds. The maximum Gasteiger partial charge on any atom is 0.346 e. The third-order valence-corrected chi connectivity index (χ3v) is 5.79. The van der Waals surface area contributed by atoms with Gasteiger partial charge in [-0.15, -0.1) is 0 Å². The second-order valence-electron chi connectivity index (χ2n) is 6.79. The Bertz CT molecular complexity index is 1460. The third kappa shape index (κ3) is 6.46. The average molecular weight is 517 g/mol. The van der Waals surface area contributed by atoms with E-state index in [1.165, 1.54) is 42.5 Å². The monoisotopic (exact) mass is 516 g/mol. The van der Waals surface area contributed by atoms with Crippen LogP contribution in [-0.4, -0.2) is 42.5 Å². The Labute approximate surface area is 203 Å². The van der Waals surface area contributed by atoms with E-state index in [4.69, 9.17) is 9.47 Å². The van der Waals surface area contributed by atoms with E-state index in [0.29, 0.717) is 17.1 Å². The SMILES string of the molecule is CCOc1cc(/C=C(/C#N)C(=O)Nc2nc(S(C)(=O)=O)ns2)ccc1OC(=O)c1ccccc1F. The van der Waals surface area contributed by atoms with Gasteiger partial charge < -0.3 is 9.47 Å². The van der Waals surface area contributed by atoms with E-state index >= 15 is 0 Å². The van der Waals surface area contributed by atoms with E-state index in [9.17, 15) is 27.7 Å². The Balaban J connectivity index is 1.83. The van der Waals surface area contributed by atoms with Crippen molar-refractivity contribution in [2.75, 3.05) is 18.2 Å². The molecule has 13 heteroatoms. The Kier molecular flexibility index (Phi) is 7.90. The van der Waals surface area contributed by atoms with Gasteiger partial charge in [-0.25, -0.2) is 17.6 Å². The molecule has 0 fully saturated rings. The van der Waals surface area contributed by atoms with Gasteiger partial charge in [0.1, 0.15) is 17.5 Å². The molecule has 0 aliphatic heterocycles. The Hall–Kier alpha value is -4.15. The molecule has 0 atom stereocenters. The first-order valence-corrected chi connectivity index (χ1v) is 12.5. The number of anilines is 1. The van der Waals surface area contributed by atoms with Gasteiger partial charge in [-0.1, -0.05) is 18.2 Å². The second kappa shape index (κ2) is 10.9. The van der Waals surface area contributed by atoms with Crippen LogP contribution in [0.3, 0.4) is 0 Å². The molecular formula is C22H17FN4O6S2. The summed E-state index contributed by atoms with van der Waals surface area (Å²) in [6.07, 6.45) is 2.17. The average Bonchev–Trinajstić information content (AvgIpc) is 3.28. The number of hydrogen-bond donors (Lipinski definition) is 1. The van der Waals surface area contributed by atoms with Crippen LogP contribution < -0.4 is 14.8 Å². The van der Waals surface area contributed by atoms with Gasteiger partial charge in [0.15, 0.2) is 11.5 Å². The molecule has 0 radical (unpaired) electrons. The predicted octanol–water partition coefficient (Wildman–Crippen LogP) is 3.24. The number of nitrogens with one attached hydrogen (secondary N) is 1. The lowest BCUT2D eigenvalue weighted by atomic mass is 10.1. The van der Waals surface area contributed by atoms with E-state index in [-0.39, 0.29) is 34.4 Å². The summed E-state index contributed by atoms with van der Waals surface area (Å²) >= 11 is 0.651. The van der Waals surface area contributed by atoms with Crippen molar-refractivity contribution in [3.8, 4) is 17.6 Å². The van der Waals surface area contributed by atoms with Gasteiger partial charge in [-0.05, 0) is 42.8 Å². The van der Waals surface area contributed by atoms with Crippen molar-refractivity contribution in [2.45, 2.75) is 12.1 Å². The number of aromatic nitrogens is 2. The molecule has 2 aromatic carbocycles. The van der Waals surface area contributed by atoms with Crippen molar-refractivity contribution in [1.29, 1.82) is 5.26 Å². The smallest absolute Gasteiger partial charge is 0.346 e. The number of nitrogens with zero attached hydrogens (tertiary/aromatic N) is 3. The number of hydrogen-bond acceptors (Lipinski definition) is 10. The lowest BCUT2D eigenvalue weighted by molar-refractivity contribution is -0.112. The first-order chi connectivity index (χ1) is 16.6. The molecule has 0 bridgehead atoms. The van der Waals surface area contributed by atoms with Gasteiger partial charge in [0.2, 0.25) is 15.0 Å². The highest BCUT2D eigenvalue weighted by Crippen LogP contribution is 2.30. The zero-order chi connectivity index (χ0) is 25.6. The molecule has 1 heterocycles. The number of rotatable bonds is 8. The predicted molar refractivity (Wildman–Crippen MR) is 124 cm³/mol. The van der Waals surface area contributed by atoms with Crippen LogP contribution in [0, 0.1) is 17.1 Å². The number of amides is 1. The van der Waals surface area contributed by atoms with E-state index in [1.807, 2.05) is 0 Å². The molecule has 0 aliphatic carbocycles. The van der Waals surface area contributed by atoms with E-state index in [1.54, 1.807) is 13.0 Å². The highest BCUT2D eigenvalue weighted by Gasteiger charge is 2.19. The van der Waals surface area contributed by atoms with E-state index in [0.717, 1.165) is 12.3 Å². The van der Waals surface area contributed by atoms with Crippen LogP contribution in [-0.2, 0) is 14.6 Å². The minimum atomic E-state index is -3.65. The molecular weight excluding hydrogens is 499 g/mol. The summed E-state index contributed by atoms with van der Waals surface area (Å²) in [6, 6.07) is 11.4. The molecule has 180 valence electrons. The summed E-state index contributed by atoms with van der Waals surface area (Å²) in [6.45, 7) is 1.91. The number of esters is 1. The first-order valence-electron chi connectivity index (χ1n) is 9.82. The summed E-state index contributed by atoms with van der Waals surface area (Å²) in [5.41, 5.74) is -0.211.